The maximum absolute atomic E-state index is 12.8. The molecule has 1 heterocycles. The van der Waals surface area contributed by atoms with Crippen molar-refractivity contribution >= 4 is 28.6 Å². The highest BCUT2D eigenvalue weighted by atomic mass is 32.2. The molecule has 3 rings (SSSR count). The number of hydrogen-bond donors (Lipinski definition) is 1. The molecule has 0 atom stereocenters. The predicted octanol–water partition coefficient (Wildman–Crippen LogP) is 2.88. The van der Waals surface area contributed by atoms with Gasteiger partial charge in [-0.15, -0.1) is 0 Å². The molecule has 9 nitrogen and oxygen atoms in total. The first-order valence-corrected chi connectivity index (χ1v) is 10.9. The van der Waals surface area contributed by atoms with E-state index in [0.29, 0.717) is 11.1 Å². The van der Waals surface area contributed by atoms with Crippen LogP contribution < -0.4 is 14.5 Å². The molecular weight excluding hydrogens is 440 g/mol. The van der Waals surface area contributed by atoms with Gasteiger partial charge < -0.3 is 8.92 Å². The van der Waals surface area contributed by atoms with E-state index in [1.54, 1.807) is 32.0 Å². The highest BCUT2D eigenvalue weighted by Crippen LogP contribution is 2.31. The van der Waals surface area contributed by atoms with Crippen molar-refractivity contribution in [1.82, 2.24) is 14.9 Å². The zero-order valence-electron chi connectivity index (χ0n) is 17.2. The van der Waals surface area contributed by atoms with Gasteiger partial charge in [-0.3, -0.25) is 9.89 Å². The molecule has 0 radical (unpaired) electrons. The van der Waals surface area contributed by atoms with Gasteiger partial charge in [0.05, 0.1) is 13.3 Å². The number of nitrogens with zero attached hydrogens (tertiary/aromatic N) is 3. The van der Waals surface area contributed by atoms with Gasteiger partial charge in [0, 0.05) is 0 Å². The molecule has 0 unspecified atom stereocenters. The summed E-state index contributed by atoms with van der Waals surface area (Å²) in [4.78, 5) is 12.2. The number of H-pyrrole nitrogens is 1. The van der Waals surface area contributed by atoms with Crippen molar-refractivity contribution in [3.05, 3.63) is 73.9 Å². The van der Waals surface area contributed by atoms with Crippen LogP contribution in [-0.2, 0) is 10.1 Å². The van der Waals surface area contributed by atoms with Crippen LogP contribution in [-0.4, -0.2) is 36.6 Å². The van der Waals surface area contributed by atoms with E-state index in [-0.39, 0.29) is 26.9 Å². The van der Waals surface area contributed by atoms with Crippen LogP contribution in [0.1, 0.15) is 22.4 Å². The third-order valence-corrected chi connectivity index (χ3v) is 5.98. The topological polar surface area (TPSA) is 116 Å². The lowest BCUT2D eigenvalue weighted by molar-refractivity contribution is 0.390. The zero-order valence-corrected chi connectivity index (χ0v) is 18.9. The Morgan fingerprint density at radius 2 is 1.87 bits per heavy atom. The smallest absolute Gasteiger partial charge is 0.339 e. The van der Waals surface area contributed by atoms with Gasteiger partial charge in [0.25, 0.3) is 5.56 Å². The molecule has 1 aromatic heterocycles. The van der Waals surface area contributed by atoms with E-state index in [1.807, 2.05) is 6.07 Å². The van der Waals surface area contributed by atoms with Crippen molar-refractivity contribution in [3.8, 4) is 11.5 Å². The highest BCUT2D eigenvalue weighted by molar-refractivity contribution is 7.87. The number of hydrogen-bond acceptors (Lipinski definition) is 8. The lowest BCUT2D eigenvalue weighted by Gasteiger charge is -2.13. The standard InChI is InChI=1S/C20H20N4O5S2/c1-12-5-6-13(2)18(9-12)31(26,27)29-16-8-7-15(10-17(16)28-4)11-21-24-19(25)14(3)22-23-20(24)30/h5-11H,1-4H3,(H,23,30)/b21-11+. The molecule has 0 aliphatic carbocycles. The summed E-state index contributed by atoms with van der Waals surface area (Å²) in [5.74, 6) is 0.205. The molecule has 0 bridgehead atoms. The van der Waals surface area contributed by atoms with Crippen LogP contribution in [0.25, 0.3) is 0 Å². The number of benzene rings is 2. The van der Waals surface area contributed by atoms with Gasteiger partial charge >= 0.3 is 10.1 Å². The molecule has 1 N–H and O–H groups in total. The summed E-state index contributed by atoms with van der Waals surface area (Å²) >= 11 is 5.03. The number of ether oxygens (including phenoxy) is 1. The van der Waals surface area contributed by atoms with Crippen LogP contribution in [0.5, 0.6) is 11.5 Å². The minimum absolute atomic E-state index is 0.0229. The molecule has 2 aromatic carbocycles. The van der Waals surface area contributed by atoms with Gasteiger partial charge in [0.15, 0.2) is 11.5 Å². The summed E-state index contributed by atoms with van der Waals surface area (Å²) in [5, 5.41) is 10.4. The fourth-order valence-electron chi connectivity index (χ4n) is 2.67. The number of rotatable bonds is 6. The Morgan fingerprint density at radius 1 is 1.13 bits per heavy atom. The summed E-state index contributed by atoms with van der Waals surface area (Å²) in [6.07, 6.45) is 1.38. The average molecular weight is 461 g/mol. The van der Waals surface area contributed by atoms with Gasteiger partial charge in [-0.1, -0.05) is 12.1 Å². The molecule has 0 aliphatic rings. The molecule has 0 spiro atoms. The largest absolute Gasteiger partial charge is 0.493 e. The number of aromatic amines is 1. The van der Waals surface area contributed by atoms with Gasteiger partial charge in [0.2, 0.25) is 4.77 Å². The molecule has 0 fully saturated rings. The van der Waals surface area contributed by atoms with Gasteiger partial charge in [-0.05, 0) is 73.9 Å². The van der Waals surface area contributed by atoms with Crippen LogP contribution in [0.4, 0.5) is 0 Å². The molecule has 0 saturated carbocycles. The first kappa shape index (κ1) is 22.4. The number of nitrogens with one attached hydrogen (secondary N) is 1. The summed E-state index contributed by atoms with van der Waals surface area (Å²) in [6, 6.07) is 9.65. The van der Waals surface area contributed by atoms with Crippen molar-refractivity contribution in [2.75, 3.05) is 7.11 Å². The molecular formula is C20H20N4O5S2. The molecule has 162 valence electrons. The number of methoxy groups -OCH3 is 1. The van der Waals surface area contributed by atoms with Crippen LogP contribution in [0, 0.1) is 25.5 Å². The van der Waals surface area contributed by atoms with Crippen LogP contribution in [0.3, 0.4) is 0 Å². The monoisotopic (exact) mass is 460 g/mol. The zero-order chi connectivity index (χ0) is 22.8. The summed E-state index contributed by atoms with van der Waals surface area (Å²) in [5.41, 5.74) is 1.66. The Labute approximate surface area is 184 Å². The Hall–Kier alpha value is -3.31. The number of aryl methyl sites for hydroxylation is 3. The van der Waals surface area contributed by atoms with Crippen molar-refractivity contribution in [2.24, 2.45) is 5.10 Å². The second kappa shape index (κ2) is 8.82. The maximum atomic E-state index is 12.8. The fourth-order valence-corrected chi connectivity index (χ4v) is 4.11. The summed E-state index contributed by atoms with van der Waals surface area (Å²) < 4.78 is 37.2. The lowest BCUT2D eigenvalue weighted by Crippen LogP contribution is -2.22. The highest BCUT2D eigenvalue weighted by Gasteiger charge is 2.21. The molecule has 11 heteroatoms. The lowest BCUT2D eigenvalue weighted by atomic mass is 10.2. The summed E-state index contributed by atoms with van der Waals surface area (Å²) in [6.45, 7) is 5.03. The van der Waals surface area contributed by atoms with E-state index in [2.05, 4.69) is 15.3 Å². The van der Waals surface area contributed by atoms with E-state index >= 15 is 0 Å². The third-order valence-electron chi connectivity index (χ3n) is 4.34. The Kier molecular flexibility index (Phi) is 6.37. The van der Waals surface area contributed by atoms with Crippen molar-refractivity contribution < 1.29 is 17.3 Å². The van der Waals surface area contributed by atoms with Gasteiger partial charge in [-0.2, -0.15) is 23.3 Å². The summed E-state index contributed by atoms with van der Waals surface area (Å²) in [7, 11) is -2.68. The van der Waals surface area contributed by atoms with E-state index in [0.717, 1.165) is 10.2 Å². The molecule has 0 saturated heterocycles. The van der Waals surface area contributed by atoms with Crippen molar-refractivity contribution in [2.45, 2.75) is 25.7 Å². The SMILES string of the molecule is COc1cc(/C=N/n2c(=S)[nH]nc(C)c2=O)ccc1OS(=O)(=O)c1cc(C)ccc1C. The fraction of sp³-hybridized carbons (Fsp3) is 0.200. The molecule has 3 aromatic rings. The van der Waals surface area contributed by atoms with E-state index in [4.69, 9.17) is 21.1 Å². The van der Waals surface area contributed by atoms with Crippen LogP contribution >= 0.6 is 12.2 Å². The maximum Gasteiger partial charge on any atom is 0.339 e. The first-order chi connectivity index (χ1) is 14.6. The Bertz CT molecular complexity index is 1390. The Morgan fingerprint density at radius 3 is 2.58 bits per heavy atom. The third kappa shape index (κ3) is 4.89. The van der Waals surface area contributed by atoms with Gasteiger partial charge in [0.1, 0.15) is 10.6 Å². The number of aromatic nitrogens is 3. The van der Waals surface area contributed by atoms with E-state index < -0.39 is 15.7 Å². The Balaban J connectivity index is 1.94. The van der Waals surface area contributed by atoms with Gasteiger partial charge in [-0.25, -0.2) is 0 Å². The van der Waals surface area contributed by atoms with Crippen molar-refractivity contribution in [1.29, 1.82) is 0 Å². The van der Waals surface area contributed by atoms with Crippen LogP contribution in [0.2, 0.25) is 0 Å². The van der Waals surface area contributed by atoms with Crippen LogP contribution in [0.15, 0.2) is 51.2 Å². The van der Waals surface area contributed by atoms with E-state index in [1.165, 1.54) is 32.4 Å². The molecule has 0 aliphatic heterocycles. The minimum Gasteiger partial charge on any atom is -0.493 e. The molecule has 31 heavy (non-hydrogen) atoms. The molecule has 0 amide bonds. The second-order valence-electron chi connectivity index (χ2n) is 6.69. The predicted molar refractivity (Wildman–Crippen MR) is 118 cm³/mol. The average Bonchev–Trinajstić information content (AvgIpc) is 2.73. The minimum atomic E-state index is -4.07. The van der Waals surface area contributed by atoms with Crippen molar-refractivity contribution in [3.63, 3.8) is 0 Å². The quantitative estimate of drug-likeness (QED) is 0.342. The first-order valence-electron chi connectivity index (χ1n) is 9.05. The second-order valence-corrected chi connectivity index (χ2v) is 8.59. The normalized spacial score (nSPS) is 11.6. The van der Waals surface area contributed by atoms with E-state index in [9.17, 15) is 13.2 Å².